The Morgan fingerprint density at radius 3 is 3.00 bits per heavy atom. The lowest BCUT2D eigenvalue weighted by Gasteiger charge is -2.06. The molecule has 0 atom stereocenters. The predicted octanol–water partition coefficient (Wildman–Crippen LogP) is 1.84. The van der Waals surface area contributed by atoms with Crippen LogP contribution < -0.4 is 4.74 Å². The highest BCUT2D eigenvalue weighted by atomic mass is 35.5. The summed E-state index contributed by atoms with van der Waals surface area (Å²) in [5, 5.41) is 4.86. The summed E-state index contributed by atoms with van der Waals surface area (Å²) in [4.78, 5) is 23.5. The zero-order chi connectivity index (χ0) is 15.5. The normalized spacial score (nSPS) is 10.6. The Hall–Kier alpha value is -2.74. The minimum Gasteiger partial charge on any atom is -0.468 e. The molecule has 0 aliphatic rings. The molecule has 0 saturated heterocycles. The molecule has 0 aliphatic carbocycles. The molecule has 0 aliphatic heterocycles. The van der Waals surface area contributed by atoms with E-state index in [0.29, 0.717) is 16.8 Å². The van der Waals surface area contributed by atoms with Gasteiger partial charge in [-0.25, -0.2) is 19.6 Å². The first-order valence-electron chi connectivity index (χ1n) is 6.20. The van der Waals surface area contributed by atoms with E-state index in [4.69, 9.17) is 16.3 Å². The van der Waals surface area contributed by atoms with Crippen LogP contribution in [0.15, 0.2) is 30.9 Å². The van der Waals surface area contributed by atoms with Crippen LogP contribution in [0.4, 0.5) is 0 Å². The smallest absolute Gasteiger partial charge is 0.327 e. The van der Waals surface area contributed by atoms with E-state index in [-0.39, 0.29) is 17.6 Å². The van der Waals surface area contributed by atoms with E-state index >= 15 is 0 Å². The number of rotatable bonds is 4. The summed E-state index contributed by atoms with van der Waals surface area (Å²) in [5.74, 6) is 0.210. The summed E-state index contributed by atoms with van der Waals surface area (Å²) in [6.07, 6.45) is 4.38. The van der Waals surface area contributed by atoms with Crippen molar-refractivity contribution in [3.63, 3.8) is 0 Å². The number of esters is 1. The fourth-order valence-corrected chi connectivity index (χ4v) is 1.96. The maximum Gasteiger partial charge on any atom is 0.327 e. The van der Waals surface area contributed by atoms with Gasteiger partial charge in [0.25, 0.3) is 0 Å². The van der Waals surface area contributed by atoms with Crippen molar-refractivity contribution in [3.05, 3.63) is 36.0 Å². The van der Waals surface area contributed by atoms with Crippen molar-refractivity contribution >= 4 is 28.6 Å². The molecule has 0 spiro atoms. The van der Waals surface area contributed by atoms with Gasteiger partial charge in [0.2, 0.25) is 5.88 Å². The Morgan fingerprint density at radius 2 is 2.23 bits per heavy atom. The lowest BCUT2D eigenvalue weighted by atomic mass is 10.4. The molecule has 0 aromatic carbocycles. The van der Waals surface area contributed by atoms with Gasteiger partial charge in [0.15, 0.2) is 16.5 Å². The van der Waals surface area contributed by atoms with E-state index in [0.717, 1.165) is 0 Å². The second kappa shape index (κ2) is 5.94. The van der Waals surface area contributed by atoms with Gasteiger partial charge in [-0.15, -0.1) is 0 Å². The third-order valence-electron chi connectivity index (χ3n) is 2.84. The minimum absolute atomic E-state index is 0.0515. The monoisotopic (exact) mass is 319 g/mol. The first-order chi connectivity index (χ1) is 10.7. The maximum atomic E-state index is 11.4. The van der Waals surface area contributed by atoms with Gasteiger partial charge in [-0.1, -0.05) is 11.6 Å². The summed E-state index contributed by atoms with van der Waals surface area (Å²) >= 11 is 5.96. The Bertz CT molecular complexity index is 835. The van der Waals surface area contributed by atoms with Gasteiger partial charge in [0.05, 0.1) is 13.3 Å². The standard InChI is InChI=1S/C13H10ClN5O3/c1-21-10(20)6-19-12-8(5-18-19)13(17-7-16-12)22-9-3-2-4-15-11(9)14/h2-5,7H,6H2,1H3. The molecule has 0 amide bonds. The van der Waals surface area contributed by atoms with Gasteiger partial charge < -0.3 is 9.47 Å². The first-order valence-corrected chi connectivity index (χ1v) is 6.58. The summed E-state index contributed by atoms with van der Waals surface area (Å²) in [7, 11) is 1.31. The number of carbonyl (C=O) groups excluding carboxylic acids is 1. The molecule has 0 bridgehead atoms. The van der Waals surface area contributed by atoms with Crippen molar-refractivity contribution in [2.24, 2.45) is 0 Å². The molecule has 0 N–H and O–H groups in total. The summed E-state index contributed by atoms with van der Waals surface area (Å²) in [6, 6.07) is 3.36. The van der Waals surface area contributed by atoms with Crippen LogP contribution in [0.3, 0.4) is 0 Å². The van der Waals surface area contributed by atoms with E-state index < -0.39 is 5.97 Å². The zero-order valence-electron chi connectivity index (χ0n) is 11.4. The largest absolute Gasteiger partial charge is 0.468 e. The van der Waals surface area contributed by atoms with Crippen LogP contribution >= 0.6 is 11.6 Å². The molecule has 3 aromatic heterocycles. The van der Waals surface area contributed by atoms with E-state index in [2.05, 4.69) is 24.8 Å². The Labute approximate surface area is 129 Å². The second-order valence-corrected chi connectivity index (χ2v) is 4.55. The lowest BCUT2D eigenvalue weighted by molar-refractivity contribution is -0.141. The molecule has 8 nitrogen and oxygen atoms in total. The van der Waals surface area contributed by atoms with Crippen LogP contribution in [0.2, 0.25) is 5.15 Å². The van der Waals surface area contributed by atoms with E-state index in [1.54, 1.807) is 18.3 Å². The molecular weight excluding hydrogens is 310 g/mol. The number of fused-ring (bicyclic) bond motifs is 1. The average Bonchev–Trinajstić information content (AvgIpc) is 2.93. The zero-order valence-corrected chi connectivity index (χ0v) is 12.2. The fraction of sp³-hybridized carbons (Fsp3) is 0.154. The summed E-state index contributed by atoms with van der Waals surface area (Å²) < 4.78 is 11.7. The molecule has 22 heavy (non-hydrogen) atoms. The van der Waals surface area contributed by atoms with Crippen molar-refractivity contribution in [1.29, 1.82) is 0 Å². The van der Waals surface area contributed by atoms with Crippen LogP contribution in [0.5, 0.6) is 11.6 Å². The Balaban J connectivity index is 1.98. The SMILES string of the molecule is COC(=O)Cn1ncc2c(Oc3cccnc3Cl)ncnc21. The number of ether oxygens (including phenoxy) is 2. The van der Waals surface area contributed by atoms with Crippen molar-refractivity contribution < 1.29 is 14.3 Å². The molecule has 3 aromatic rings. The molecule has 3 heterocycles. The van der Waals surface area contributed by atoms with Gasteiger partial charge in [-0.2, -0.15) is 5.10 Å². The van der Waals surface area contributed by atoms with E-state index in [1.807, 2.05) is 0 Å². The van der Waals surface area contributed by atoms with Crippen LogP contribution in [0, 0.1) is 0 Å². The maximum absolute atomic E-state index is 11.4. The van der Waals surface area contributed by atoms with Crippen molar-refractivity contribution in [3.8, 4) is 11.6 Å². The first kappa shape index (κ1) is 14.2. The second-order valence-electron chi connectivity index (χ2n) is 4.19. The van der Waals surface area contributed by atoms with Crippen LogP contribution in [-0.4, -0.2) is 37.8 Å². The lowest BCUT2D eigenvalue weighted by Crippen LogP contribution is -2.12. The fourth-order valence-electron chi connectivity index (χ4n) is 1.81. The quantitative estimate of drug-likeness (QED) is 0.535. The van der Waals surface area contributed by atoms with Crippen molar-refractivity contribution in [1.82, 2.24) is 24.7 Å². The summed E-state index contributed by atoms with van der Waals surface area (Å²) in [5.41, 5.74) is 0.454. The molecule has 112 valence electrons. The number of methoxy groups -OCH3 is 1. The highest BCUT2D eigenvalue weighted by Gasteiger charge is 2.14. The molecule has 0 unspecified atom stereocenters. The van der Waals surface area contributed by atoms with Gasteiger partial charge in [-0.3, -0.25) is 4.79 Å². The third kappa shape index (κ3) is 2.68. The number of hydrogen-bond donors (Lipinski definition) is 0. The molecule has 9 heteroatoms. The highest BCUT2D eigenvalue weighted by Crippen LogP contribution is 2.29. The molecule has 0 radical (unpaired) electrons. The number of hydrogen-bond acceptors (Lipinski definition) is 7. The number of carbonyl (C=O) groups is 1. The molecular formula is C13H10ClN5O3. The third-order valence-corrected chi connectivity index (χ3v) is 3.12. The van der Waals surface area contributed by atoms with Crippen molar-refractivity contribution in [2.45, 2.75) is 6.54 Å². The Morgan fingerprint density at radius 1 is 1.36 bits per heavy atom. The number of aromatic nitrogens is 5. The number of nitrogens with zero attached hydrogens (tertiary/aromatic N) is 5. The molecule has 0 fully saturated rings. The highest BCUT2D eigenvalue weighted by molar-refractivity contribution is 6.30. The number of pyridine rings is 1. The van der Waals surface area contributed by atoms with Crippen molar-refractivity contribution in [2.75, 3.05) is 7.11 Å². The summed E-state index contributed by atoms with van der Waals surface area (Å²) in [6.45, 7) is -0.0515. The van der Waals surface area contributed by atoms with Gasteiger partial charge >= 0.3 is 5.97 Å². The average molecular weight is 320 g/mol. The predicted molar refractivity (Wildman–Crippen MR) is 76.7 cm³/mol. The van der Waals surface area contributed by atoms with E-state index in [1.165, 1.54) is 24.3 Å². The Kier molecular flexibility index (Phi) is 3.84. The van der Waals surface area contributed by atoms with Gasteiger partial charge in [0.1, 0.15) is 18.3 Å². The molecule has 3 rings (SSSR count). The van der Waals surface area contributed by atoms with Crippen LogP contribution in [-0.2, 0) is 16.1 Å². The topological polar surface area (TPSA) is 92.0 Å². The van der Waals surface area contributed by atoms with E-state index in [9.17, 15) is 4.79 Å². The number of halogens is 1. The van der Waals surface area contributed by atoms with Gasteiger partial charge in [-0.05, 0) is 12.1 Å². The van der Waals surface area contributed by atoms with Crippen LogP contribution in [0.1, 0.15) is 0 Å². The minimum atomic E-state index is -0.429. The molecule has 0 saturated carbocycles. The van der Waals surface area contributed by atoms with Gasteiger partial charge in [0, 0.05) is 6.20 Å². The van der Waals surface area contributed by atoms with Crippen LogP contribution in [0.25, 0.3) is 11.0 Å².